The predicted octanol–water partition coefficient (Wildman–Crippen LogP) is 5.13. The predicted molar refractivity (Wildman–Crippen MR) is 127 cm³/mol. The van der Waals surface area contributed by atoms with Gasteiger partial charge in [-0.3, -0.25) is 4.79 Å². The summed E-state index contributed by atoms with van der Waals surface area (Å²) in [6.07, 6.45) is 5.34. The summed E-state index contributed by atoms with van der Waals surface area (Å²) in [4.78, 5) is 15.4. The van der Waals surface area contributed by atoms with Crippen molar-refractivity contribution in [2.45, 2.75) is 39.2 Å². The Hall–Kier alpha value is -2.79. The van der Waals surface area contributed by atoms with E-state index in [1.54, 1.807) is 7.11 Å². The summed E-state index contributed by atoms with van der Waals surface area (Å²) in [5.74, 6) is 1.69. The number of rotatable bonds is 5. The van der Waals surface area contributed by atoms with Crippen LogP contribution in [0.5, 0.6) is 11.5 Å². The van der Waals surface area contributed by atoms with Crippen LogP contribution in [0.2, 0.25) is 0 Å². The van der Waals surface area contributed by atoms with Gasteiger partial charge in [-0.15, -0.1) is 0 Å². The number of hydrogen-bond donors (Lipinski definition) is 0. The Morgan fingerprint density at radius 1 is 1.09 bits per heavy atom. The molecule has 1 saturated heterocycles. The molecule has 5 rings (SSSR count). The van der Waals surface area contributed by atoms with Crippen LogP contribution in [0.1, 0.15) is 48.7 Å². The second-order valence-corrected chi connectivity index (χ2v) is 9.73. The zero-order chi connectivity index (χ0) is 22.3. The second kappa shape index (κ2) is 8.28. The zero-order valence-electron chi connectivity index (χ0n) is 19.3. The molecule has 0 radical (unpaired) electrons. The van der Waals surface area contributed by atoms with E-state index in [9.17, 15) is 4.79 Å². The molecule has 0 spiro atoms. The third-order valence-electron chi connectivity index (χ3n) is 7.13. The number of carbonyl (C=O) groups is 1. The number of aromatic nitrogens is 1. The van der Waals surface area contributed by atoms with Crippen LogP contribution in [0.15, 0.2) is 48.7 Å². The van der Waals surface area contributed by atoms with E-state index in [-0.39, 0.29) is 5.78 Å². The number of piperidine rings is 1. The Bertz CT molecular complexity index is 1140. The van der Waals surface area contributed by atoms with Crippen LogP contribution >= 0.6 is 0 Å². The lowest BCUT2D eigenvalue weighted by atomic mass is 9.82. The highest BCUT2D eigenvalue weighted by Gasteiger charge is 2.37. The van der Waals surface area contributed by atoms with Gasteiger partial charge in [0.1, 0.15) is 18.1 Å². The molecule has 5 nitrogen and oxygen atoms in total. The first kappa shape index (κ1) is 21.1. The molecule has 32 heavy (non-hydrogen) atoms. The summed E-state index contributed by atoms with van der Waals surface area (Å²) in [7, 11) is 1.69. The molecule has 1 aromatic heterocycles. The maximum Gasteiger partial charge on any atom is 0.175 e. The van der Waals surface area contributed by atoms with Crippen LogP contribution in [0, 0.1) is 5.41 Å². The highest BCUT2D eigenvalue weighted by Crippen LogP contribution is 2.40. The van der Waals surface area contributed by atoms with Gasteiger partial charge >= 0.3 is 0 Å². The van der Waals surface area contributed by atoms with E-state index in [2.05, 4.69) is 46.0 Å². The van der Waals surface area contributed by atoms with E-state index in [4.69, 9.17) is 9.47 Å². The lowest BCUT2D eigenvalue weighted by Gasteiger charge is -2.34. The maximum atomic E-state index is 12.9. The number of para-hydroxylation sites is 1. The summed E-state index contributed by atoms with van der Waals surface area (Å²) in [5, 5.41) is 1.31. The van der Waals surface area contributed by atoms with E-state index >= 15 is 0 Å². The molecule has 0 unspecified atom stereocenters. The van der Waals surface area contributed by atoms with Crippen molar-refractivity contribution in [3.63, 3.8) is 0 Å². The molecule has 5 heteroatoms. The molecule has 0 bridgehead atoms. The molecule has 1 fully saturated rings. The number of hydrogen-bond acceptors (Lipinski definition) is 4. The molecule has 0 saturated carbocycles. The Balaban J connectivity index is 1.27. The average molecular weight is 433 g/mol. The van der Waals surface area contributed by atoms with Crippen LogP contribution in [0.3, 0.4) is 0 Å². The van der Waals surface area contributed by atoms with Crippen molar-refractivity contribution in [1.82, 2.24) is 9.47 Å². The van der Waals surface area contributed by atoms with Crippen LogP contribution in [-0.2, 0) is 6.42 Å². The van der Waals surface area contributed by atoms with Gasteiger partial charge in [-0.2, -0.15) is 0 Å². The number of benzene rings is 2. The molecule has 0 amide bonds. The van der Waals surface area contributed by atoms with Crippen molar-refractivity contribution in [2.75, 3.05) is 33.4 Å². The minimum atomic E-state index is -0.483. The summed E-state index contributed by atoms with van der Waals surface area (Å²) >= 11 is 0. The third kappa shape index (κ3) is 3.69. The fourth-order valence-corrected chi connectivity index (χ4v) is 5.18. The van der Waals surface area contributed by atoms with Crippen molar-refractivity contribution in [2.24, 2.45) is 5.41 Å². The van der Waals surface area contributed by atoms with E-state index in [1.807, 2.05) is 26.0 Å². The van der Waals surface area contributed by atoms with Crippen LogP contribution in [-0.4, -0.2) is 48.6 Å². The fourth-order valence-electron chi connectivity index (χ4n) is 5.18. The van der Waals surface area contributed by atoms with Crippen LogP contribution in [0.25, 0.3) is 10.9 Å². The maximum absolute atomic E-state index is 12.9. The van der Waals surface area contributed by atoms with Crippen molar-refractivity contribution < 1.29 is 14.3 Å². The van der Waals surface area contributed by atoms with Crippen molar-refractivity contribution in [1.29, 1.82) is 0 Å². The largest absolute Gasteiger partial charge is 0.496 e. The molecule has 0 N–H and O–H groups in total. The molecule has 0 aliphatic carbocycles. The Morgan fingerprint density at radius 3 is 2.66 bits per heavy atom. The summed E-state index contributed by atoms with van der Waals surface area (Å²) < 4.78 is 14.2. The number of fused-ring (bicyclic) bond motifs is 2. The highest BCUT2D eigenvalue weighted by molar-refractivity contribution is 6.04. The van der Waals surface area contributed by atoms with Gasteiger partial charge in [-0.25, -0.2) is 0 Å². The number of ketones is 1. The molecule has 2 aliphatic rings. The minimum Gasteiger partial charge on any atom is -0.496 e. The van der Waals surface area contributed by atoms with Crippen molar-refractivity contribution >= 4 is 16.7 Å². The first-order chi connectivity index (χ1) is 15.5. The van der Waals surface area contributed by atoms with Gasteiger partial charge in [0.05, 0.1) is 18.1 Å². The molecule has 0 atom stereocenters. The minimum absolute atomic E-state index is 0.155. The number of nitrogens with zero attached hydrogens (tertiary/aromatic N) is 2. The van der Waals surface area contributed by atoms with E-state index in [0.717, 1.165) is 56.0 Å². The van der Waals surface area contributed by atoms with E-state index < -0.39 is 5.41 Å². The third-order valence-corrected chi connectivity index (χ3v) is 7.13. The standard InChI is InChI=1S/C27H32N2O3/c1-27(2)18-32-25-21(24(31-3)9-8-22(25)26(27)30)13-16-28-14-11-20(12-15-28)29-17-10-19-6-4-5-7-23(19)29/h4-10,17,20H,11-16,18H2,1-3H3. The smallest absolute Gasteiger partial charge is 0.175 e. The van der Waals surface area contributed by atoms with Crippen molar-refractivity contribution in [3.8, 4) is 11.5 Å². The van der Waals surface area contributed by atoms with Crippen LogP contribution < -0.4 is 9.47 Å². The average Bonchev–Trinajstić information content (AvgIpc) is 3.24. The lowest BCUT2D eigenvalue weighted by Crippen LogP contribution is -2.37. The number of methoxy groups -OCH3 is 1. The zero-order valence-corrected chi connectivity index (χ0v) is 19.3. The summed E-state index contributed by atoms with van der Waals surface area (Å²) in [6, 6.07) is 15.2. The highest BCUT2D eigenvalue weighted by atomic mass is 16.5. The second-order valence-electron chi connectivity index (χ2n) is 9.73. The molecule has 3 heterocycles. The normalized spacial score (nSPS) is 19.0. The summed E-state index contributed by atoms with van der Waals surface area (Å²) in [5.41, 5.74) is 2.56. The van der Waals surface area contributed by atoms with Gasteiger partial charge in [0, 0.05) is 43.0 Å². The van der Waals surface area contributed by atoms with Gasteiger partial charge in [0.25, 0.3) is 0 Å². The molecule has 2 aliphatic heterocycles. The van der Waals surface area contributed by atoms with E-state index in [1.165, 1.54) is 10.9 Å². The number of Topliss-reactive ketones (excluding diaryl/α,β-unsaturated/α-hetero) is 1. The number of ether oxygens (including phenoxy) is 2. The summed E-state index contributed by atoms with van der Waals surface area (Å²) in [6.45, 7) is 7.38. The number of likely N-dealkylation sites (tertiary alicyclic amines) is 1. The van der Waals surface area contributed by atoms with Gasteiger partial charge in [-0.05, 0) is 62.8 Å². The number of carbonyl (C=O) groups excluding carboxylic acids is 1. The SMILES string of the molecule is COc1ccc2c(c1CCN1CCC(n3ccc4ccccc43)CC1)OCC(C)(C)C2=O. The van der Waals surface area contributed by atoms with Gasteiger partial charge in [0.2, 0.25) is 0 Å². The van der Waals surface area contributed by atoms with E-state index in [0.29, 0.717) is 18.2 Å². The molecule has 2 aromatic carbocycles. The molecule has 168 valence electrons. The Kier molecular flexibility index (Phi) is 5.46. The van der Waals surface area contributed by atoms with Crippen molar-refractivity contribution in [3.05, 3.63) is 59.8 Å². The Labute approximate surface area is 189 Å². The lowest BCUT2D eigenvalue weighted by molar-refractivity contribution is 0.0689. The molecular formula is C27H32N2O3. The topological polar surface area (TPSA) is 43.7 Å². The Morgan fingerprint density at radius 2 is 1.88 bits per heavy atom. The van der Waals surface area contributed by atoms with Crippen LogP contribution in [0.4, 0.5) is 0 Å². The fraction of sp³-hybridized carbons (Fsp3) is 0.444. The molecular weight excluding hydrogens is 400 g/mol. The quantitative estimate of drug-likeness (QED) is 0.561. The first-order valence-electron chi connectivity index (χ1n) is 11.6. The first-order valence-corrected chi connectivity index (χ1v) is 11.6. The molecule has 3 aromatic rings. The van der Waals surface area contributed by atoms with Gasteiger partial charge < -0.3 is 18.9 Å². The van der Waals surface area contributed by atoms with Gasteiger partial charge in [0.15, 0.2) is 5.78 Å². The monoisotopic (exact) mass is 432 g/mol. The van der Waals surface area contributed by atoms with Gasteiger partial charge in [-0.1, -0.05) is 18.2 Å².